The lowest BCUT2D eigenvalue weighted by atomic mass is 9.82. The van der Waals surface area contributed by atoms with Gasteiger partial charge in [-0.05, 0) is 64.3 Å². The van der Waals surface area contributed by atoms with Gasteiger partial charge in [0.25, 0.3) is 0 Å². The molecule has 0 saturated carbocycles. The summed E-state index contributed by atoms with van der Waals surface area (Å²) in [7, 11) is -1.20. The molecule has 0 radical (unpaired) electrons. The molecule has 3 nitrogen and oxygen atoms in total. The van der Waals surface area contributed by atoms with Crippen LogP contribution in [0.25, 0.3) is 5.57 Å². The second-order valence-corrected chi connectivity index (χ2v) is 6.99. The Labute approximate surface area is 147 Å². The van der Waals surface area contributed by atoms with E-state index >= 15 is 4.39 Å². The zero-order chi connectivity index (χ0) is 18.8. The van der Waals surface area contributed by atoms with Gasteiger partial charge in [0, 0.05) is 6.61 Å². The van der Waals surface area contributed by atoms with E-state index in [1.54, 1.807) is 0 Å². The van der Waals surface area contributed by atoms with Gasteiger partial charge in [-0.15, -0.1) is 0 Å². The molecule has 0 bridgehead atoms. The summed E-state index contributed by atoms with van der Waals surface area (Å²) in [6, 6.07) is 3.29. The van der Waals surface area contributed by atoms with Crippen molar-refractivity contribution in [2.45, 2.75) is 52.2 Å². The van der Waals surface area contributed by atoms with Crippen LogP contribution in [0, 0.1) is 11.6 Å². The first-order valence-electron chi connectivity index (χ1n) is 8.36. The van der Waals surface area contributed by atoms with E-state index in [9.17, 15) is 8.78 Å². The molecule has 1 aliphatic heterocycles. The average Bonchev–Trinajstić information content (AvgIpc) is 2.74. The maximum atomic E-state index is 15.2. The van der Waals surface area contributed by atoms with Crippen LogP contribution >= 0.6 is 0 Å². The molecule has 1 fully saturated rings. The molecule has 1 aromatic carbocycles. The maximum absolute atomic E-state index is 15.2. The van der Waals surface area contributed by atoms with Gasteiger partial charge in [-0.1, -0.05) is 6.07 Å². The molecule has 0 N–H and O–H groups in total. The fraction of sp³-hybridized carbons (Fsp3) is 0.556. The Morgan fingerprint density at radius 1 is 1.08 bits per heavy atom. The van der Waals surface area contributed by atoms with Crippen molar-refractivity contribution in [3.63, 3.8) is 0 Å². The maximum Gasteiger partial charge on any atom is 0.525 e. The molecule has 0 aromatic heterocycles. The van der Waals surface area contributed by atoms with E-state index in [-0.39, 0.29) is 24.2 Å². The molecule has 1 saturated heterocycles. The Balaban J connectivity index is 2.39. The van der Waals surface area contributed by atoms with Crippen LogP contribution in [0.3, 0.4) is 0 Å². The summed E-state index contributed by atoms with van der Waals surface area (Å²) in [5.41, 5.74) is -1.62. The number of benzene rings is 1. The van der Waals surface area contributed by atoms with Crippen molar-refractivity contribution in [1.29, 1.82) is 0 Å². The lowest BCUT2D eigenvalue weighted by Gasteiger charge is -2.32. The molecular formula is C18H24BF3O3. The number of hydrogen-bond acceptors (Lipinski definition) is 3. The Morgan fingerprint density at radius 2 is 1.68 bits per heavy atom. The first kappa shape index (κ1) is 20.0. The number of hydrogen-bond donors (Lipinski definition) is 0. The van der Waals surface area contributed by atoms with Crippen molar-refractivity contribution < 1.29 is 27.2 Å². The third-order valence-corrected chi connectivity index (χ3v) is 4.72. The normalized spacial score (nSPS) is 19.9. The van der Waals surface area contributed by atoms with E-state index in [2.05, 4.69) is 0 Å². The fourth-order valence-electron chi connectivity index (χ4n) is 2.49. The third kappa shape index (κ3) is 4.27. The molecule has 25 heavy (non-hydrogen) atoms. The quantitative estimate of drug-likeness (QED) is 0.546. The van der Waals surface area contributed by atoms with E-state index < -0.39 is 35.7 Å². The van der Waals surface area contributed by atoms with E-state index in [4.69, 9.17) is 14.0 Å². The first-order chi connectivity index (χ1) is 11.6. The molecule has 138 valence electrons. The minimum atomic E-state index is -1.20. The van der Waals surface area contributed by atoms with Crippen molar-refractivity contribution in [3.8, 4) is 0 Å². The molecule has 0 spiro atoms. The zero-order valence-electron chi connectivity index (χ0n) is 15.3. The van der Waals surface area contributed by atoms with Gasteiger partial charge in [-0.25, -0.2) is 13.2 Å². The van der Waals surface area contributed by atoms with E-state index in [0.29, 0.717) is 6.61 Å². The van der Waals surface area contributed by atoms with Gasteiger partial charge in [0.05, 0.1) is 17.8 Å². The van der Waals surface area contributed by atoms with E-state index in [1.165, 1.54) is 6.07 Å². The molecule has 1 aromatic rings. The molecule has 7 heteroatoms. The SMILES string of the molecule is CCOCCC(=C(F)B1OC(C)(C)C(C)(C)O1)c1ccc(F)c(F)c1. The molecule has 0 aliphatic carbocycles. The lowest BCUT2D eigenvalue weighted by Crippen LogP contribution is -2.41. The standard InChI is InChI=1S/C18H24BF3O3/c1-6-23-10-9-13(12-7-8-14(20)15(21)11-12)16(22)19-24-17(2,3)18(4,5)25-19/h7-8,11H,6,9-10H2,1-5H3. The van der Waals surface area contributed by atoms with Gasteiger partial charge in [-0.2, -0.15) is 0 Å². The van der Waals surface area contributed by atoms with E-state index in [1.807, 2.05) is 34.6 Å². The molecule has 2 rings (SSSR count). The van der Waals surface area contributed by atoms with Gasteiger partial charge in [0.1, 0.15) is 5.73 Å². The third-order valence-electron chi connectivity index (χ3n) is 4.72. The second-order valence-electron chi connectivity index (χ2n) is 6.99. The molecule has 1 heterocycles. The highest BCUT2D eigenvalue weighted by Crippen LogP contribution is 2.40. The minimum Gasteiger partial charge on any atom is -0.398 e. The summed E-state index contributed by atoms with van der Waals surface area (Å²) < 4.78 is 58.7. The smallest absolute Gasteiger partial charge is 0.398 e. The predicted octanol–water partition coefficient (Wildman–Crippen LogP) is 4.70. The Morgan fingerprint density at radius 3 is 2.20 bits per heavy atom. The predicted molar refractivity (Wildman–Crippen MR) is 91.6 cm³/mol. The fourth-order valence-corrected chi connectivity index (χ4v) is 2.49. The van der Waals surface area contributed by atoms with Crippen molar-refractivity contribution in [1.82, 2.24) is 0 Å². The van der Waals surface area contributed by atoms with Gasteiger partial charge in [0.15, 0.2) is 11.6 Å². The highest BCUT2D eigenvalue weighted by Gasteiger charge is 2.53. The summed E-state index contributed by atoms with van der Waals surface area (Å²) in [5.74, 6) is -2.02. The lowest BCUT2D eigenvalue weighted by molar-refractivity contribution is 0.00578. The highest BCUT2D eigenvalue weighted by atomic mass is 19.2. The van der Waals surface area contributed by atoms with Gasteiger partial charge in [-0.3, -0.25) is 0 Å². The Hall–Kier alpha value is -1.31. The van der Waals surface area contributed by atoms with Crippen molar-refractivity contribution in [2.24, 2.45) is 0 Å². The van der Waals surface area contributed by atoms with Gasteiger partial charge >= 0.3 is 7.12 Å². The van der Waals surface area contributed by atoms with Crippen LogP contribution in [0.2, 0.25) is 0 Å². The molecular weight excluding hydrogens is 332 g/mol. The summed E-state index contributed by atoms with van der Waals surface area (Å²) in [6.45, 7) is 9.82. The minimum absolute atomic E-state index is 0.186. The van der Waals surface area contributed by atoms with Crippen LogP contribution < -0.4 is 0 Å². The summed E-state index contributed by atoms with van der Waals surface area (Å²) >= 11 is 0. The van der Waals surface area contributed by atoms with Gasteiger partial charge < -0.3 is 14.0 Å². The van der Waals surface area contributed by atoms with Crippen molar-refractivity contribution >= 4 is 12.7 Å². The summed E-state index contributed by atoms with van der Waals surface area (Å²) in [6.07, 6.45) is 0.189. The van der Waals surface area contributed by atoms with Crippen LogP contribution in [-0.4, -0.2) is 31.5 Å². The monoisotopic (exact) mass is 356 g/mol. The van der Waals surface area contributed by atoms with Crippen LogP contribution in [0.15, 0.2) is 23.9 Å². The number of halogens is 3. The summed E-state index contributed by atoms with van der Waals surface area (Å²) in [4.78, 5) is 0. The largest absolute Gasteiger partial charge is 0.525 e. The molecule has 0 atom stereocenters. The van der Waals surface area contributed by atoms with E-state index in [0.717, 1.165) is 12.1 Å². The number of rotatable bonds is 6. The van der Waals surface area contributed by atoms with Crippen LogP contribution in [0.5, 0.6) is 0 Å². The average molecular weight is 356 g/mol. The molecule has 1 aliphatic rings. The topological polar surface area (TPSA) is 27.7 Å². The molecule has 0 amide bonds. The Bertz CT molecular complexity index is 643. The summed E-state index contributed by atoms with van der Waals surface area (Å²) in [5, 5.41) is 0. The zero-order valence-corrected chi connectivity index (χ0v) is 15.3. The van der Waals surface area contributed by atoms with Crippen molar-refractivity contribution in [2.75, 3.05) is 13.2 Å². The molecule has 0 unspecified atom stereocenters. The van der Waals surface area contributed by atoms with Crippen LogP contribution in [0.4, 0.5) is 13.2 Å². The highest BCUT2D eigenvalue weighted by molar-refractivity contribution is 6.55. The van der Waals surface area contributed by atoms with Gasteiger partial charge in [0.2, 0.25) is 0 Å². The Kier molecular flexibility index (Phi) is 6.02. The second kappa shape index (κ2) is 7.52. The van der Waals surface area contributed by atoms with Crippen LogP contribution in [0.1, 0.15) is 46.6 Å². The van der Waals surface area contributed by atoms with Crippen LogP contribution in [-0.2, 0) is 14.0 Å². The number of ether oxygens (including phenoxy) is 1. The van der Waals surface area contributed by atoms with Crippen molar-refractivity contribution in [3.05, 3.63) is 41.1 Å². The first-order valence-corrected chi connectivity index (χ1v) is 8.36.